The number of H-pyrrole nitrogens is 1. The molecular weight excluding hydrogens is 385 g/mol. The van der Waals surface area contributed by atoms with Crippen LogP contribution in [0.2, 0.25) is 0 Å². The molecule has 1 aliphatic rings. The van der Waals surface area contributed by atoms with Crippen molar-refractivity contribution in [1.82, 2.24) is 14.5 Å². The first-order valence-corrected chi connectivity index (χ1v) is 10.7. The fourth-order valence-corrected chi connectivity index (χ4v) is 4.39. The van der Waals surface area contributed by atoms with E-state index < -0.39 is 15.7 Å². The van der Waals surface area contributed by atoms with Crippen LogP contribution in [0.3, 0.4) is 0 Å². The molecule has 1 aromatic carbocycles. The van der Waals surface area contributed by atoms with Crippen LogP contribution in [-0.2, 0) is 16.9 Å². The Morgan fingerprint density at radius 1 is 1.11 bits per heavy atom. The van der Waals surface area contributed by atoms with Crippen molar-refractivity contribution in [2.24, 2.45) is 7.05 Å². The van der Waals surface area contributed by atoms with Gasteiger partial charge in [0.1, 0.15) is 11.5 Å². The fraction of sp³-hybridized carbons (Fsp3) is 0.333. The monoisotopic (exact) mass is 405 g/mol. The van der Waals surface area contributed by atoms with E-state index in [1.54, 1.807) is 16.8 Å². The molecule has 3 aromatic rings. The van der Waals surface area contributed by atoms with Crippen molar-refractivity contribution < 1.29 is 12.8 Å². The minimum Gasteiger partial charge on any atom is -0.367 e. The van der Waals surface area contributed by atoms with Gasteiger partial charge in [-0.3, -0.25) is 9.78 Å². The fourth-order valence-electron chi connectivity index (χ4n) is 3.49. The van der Waals surface area contributed by atoms with E-state index in [9.17, 15) is 17.6 Å². The van der Waals surface area contributed by atoms with Crippen LogP contribution in [0.15, 0.2) is 40.2 Å². The molecule has 0 unspecified atom stereocenters. The minimum absolute atomic E-state index is 0.0160. The van der Waals surface area contributed by atoms with E-state index in [1.165, 1.54) is 12.1 Å². The summed E-state index contributed by atoms with van der Waals surface area (Å²) in [5.41, 5.74) is 0.905. The highest BCUT2D eigenvalue weighted by molar-refractivity contribution is 7.90. The summed E-state index contributed by atoms with van der Waals surface area (Å²) in [4.78, 5) is 23.5. The second-order valence-electron chi connectivity index (χ2n) is 6.91. The van der Waals surface area contributed by atoms with Gasteiger partial charge in [0.15, 0.2) is 9.84 Å². The lowest BCUT2D eigenvalue weighted by molar-refractivity contribution is 0.591. The Morgan fingerprint density at radius 3 is 2.46 bits per heavy atom. The molecule has 1 N–H and O–H groups in total. The van der Waals surface area contributed by atoms with Gasteiger partial charge in [-0.1, -0.05) is 0 Å². The molecular formula is C18H20FN5O3S. The molecule has 1 fully saturated rings. The molecule has 1 aliphatic heterocycles. The molecule has 0 radical (unpaired) electrons. The van der Waals surface area contributed by atoms with Gasteiger partial charge in [0.2, 0.25) is 5.95 Å². The molecule has 0 saturated carbocycles. The number of hydrogen-bond donors (Lipinski definition) is 1. The number of aryl methyl sites for hydroxylation is 1. The third-order valence-corrected chi connectivity index (χ3v) is 6.09. The Kier molecular flexibility index (Phi) is 4.37. The van der Waals surface area contributed by atoms with Crippen molar-refractivity contribution in [3.63, 3.8) is 0 Å². The molecule has 4 rings (SSSR count). The summed E-state index contributed by atoms with van der Waals surface area (Å²) in [6.45, 7) is 2.12. The zero-order chi connectivity index (χ0) is 20.1. The van der Waals surface area contributed by atoms with Gasteiger partial charge in [0.05, 0.1) is 16.0 Å². The van der Waals surface area contributed by atoms with Crippen molar-refractivity contribution in [3.05, 3.63) is 46.6 Å². The number of piperazine rings is 1. The second kappa shape index (κ2) is 6.62. The highest BCUT2D eigenvalue weighted by Crippen LogP contribution is 2.27. The Balaban J connectivity index is 1.59. The van der Waals surface area contributed by atoms with Gasteiger partial charge < -0.3 is 14.4 Å². The van der Waals surface area contributed by atoms with Gasteiger partial charge in [0, 0.05) is 45.7 Å². The molecule has 28 heavy (non-hydrogen) atoms. The summed E-state index contributed by atoms with van der Waals surface area (Å²) in [5, 5.41) is 0.536. The number of benzene rings is 1. The van der Waals surface area contributed by atoms with Crippen LogP contribution >= 0.6 is 0 Å². The van der Waals surface area contributed by atoms with E-state index in [2.05, 4.69) is 9.97 Å². The van der Waals surface area contributed by atoms with E-state index in [4.69, 9.17) is 0 Å². The average Bonchev–Trinajstić information content (AvgIpc) is 3.03. The third kappa shape index (κ3) is 3.24. The van der Waals surface area contributed by atoms with Crippen molar-refractivity contribution >= 4 is 32.5 Å². The minimum atomic E-state index is -3.56. The van der Waals surface area contributed by atoms with Gasteiger partial charge in [-0.05, 0) is 24.3 Å². The number of nitrogens with one attached hydrogen (secondary N) is 1. The summed E-state index contributed by atoms with van der Waals surface area (Å²) < 4.78 is 39.5. The number of hydrogen-bond acceptors (Lipinski definition) is 6. The quantitative estimate of drug-likeness (QED) is 0.703. The molecule has 1 saturated heterocycles. The number of halogens is 1. The molecule has 0 amide bonds. The number of aromatic nitrogens is 3. The van der Waals surface area contributed by atoms with Crippen molar-refractivity contribution in [2.45, 2.75) is 4.90 Å². The zero-order valence-corrected chi connectivity index (χ0v) is 16.3. The Labute approximate surface area is 161 Å². The number of nitrogens with zero attached hydrogens (tertiary/aromatic N) is 4. The topological polar surface area (TPSA) is 91.3 Å². The van der Waals surface area contributed by atoms with E-state index >= 15 is 0 Å². The predicted molar refractivity (Wildman–Crippen MR) is 105 cm³/mol. The lowest BCUT2D eigenvalue weighted by Gasteiger charge is -2.37. The van der Waals surface area contributed by atoms with Crippen molar-refractivity contribution in [1.29, 1.82) is 0 Å². The standard InChI is InChI=1S/C18H20FN5O3S/c1-22-6-5-13-16(22)20-18(21-17(13)25)24-9-7-23(8-10-24)14-4-3-12(19)11-15(14)28(2,26)27/h3-6,11H,7-10H2,1-2H3,(H,20,21,25). The zero-order valence-electron chi connectivity index (χ0n) is 15.5. The molecule has 148 valence electrons. The highest BCUT2D eigenvalue weighted by Gasteiger charge is 2.24. The summed E-state index contributed by atoms with van der Waals surface area (Å²) in [5.74, 6) is -0.0955. The molecule has 10 heteroatoms. The highest BCUT2D eigenvalue weighted by atomic mass is 32.2. The van der Waals surface area contributed by atoms with Gasteiger partial charge in [-0.25, -0.2) is 12.8 Å². The smallest absolute Gasteiger partial charge is 0.261 e. The van der Waals surface area contributed by atoms with E-state index in [1.807, 2.05) is 16.8 Å². The lowest BCUT2D eigenvalue weighted by atomic mass is 10.2. The van der Waals surface area contributed by atoms with Gasteiger partial charge in [0.25, 0.3) is 5.56 Å². The normalized spacial score (nSPS) is 15.4. The average molecular weight is 405 g/mol. The Morgan fingerprint density at radius 2 is 1.79 bits per heavy atom. The van der Waals surface area contributed by atoms with E-state index in [0.29, 0.717) is 48.8 Å². The van der Waals surface area contributed by atoms with Crippen molar-refractivity contribution in [3.8, 4) is 0 Å². The molecule has 2 aromatic heterocycles. The maximum Gasteiger partial charge on any atom is 0.261 e. The summed E-state index contributed by atoms with van der Waals surface area (Å²) >= 11 is 0. The number of anilines is 2. The van der Waals surface area contributed by atoms with Crippen molar-refractivity contribution in [2.75, 3.05) is 42.2 Å². The van der Waals surface area contributed by atoms with Crippen LogP contribution in [0.1, 0.15) is 0 Å². The first-order valence-electron chi connectivity index (χ1n) is 8.79. The summed E-state index contributed by atoms with van der Waals surface area (Å²) in [6, 6.07) is 5.54. The Bertz CT molecular complexity index is 1210. The largest absolute Gasteiger partial charge is 0.367 e. The molecule has 0 atom stereocenters. The van der Waals surface area contributed by atoms with E-state index in [0.717, 1.165) is 12.3 Å². The van der Waals surface area contributed by atoms with Gasteiger partial charge in [-0.15, -0.1) is 0 Å². The third-order valence-electron chi connectivity index (χ3n) is 4.96. The van der Waals surface area contributed by atoms with Gasteiger partial charge in [-0.2, -0.15) is 4.98 Å². The number of sulfone groups is 1. The maximum absolute atomic E-state index is 13.6. The number of rotatable bonds is 3. The summed E-state index contributed by atoms with van der Waals surface area (Å²) in [7, 11) is -1.73. The maximum atomic E-state index is 13.6. The molecule has 3 heterocycles. The second-order valence-corrected chi connectivity index (χ2v) is 8.90. The van der Waals surface area contributed by atoms with Crippen LogP contribution in [-0.4, -0.2) is 55.4 Å². The molecule has 0 aliphatic carbocycles. The molecule has 0 bridgehead atoms. The first kappa shape index (κ1) is 18.5. The predicted octanol–water partition coefficient (Wildman–Crippen LogP) is 1.13. The lowest BCUT2D eigenvalue weighted by Crippen LogP contribution is -2.47. The number of aromatic amines is 1. The van der Waals surface area contributed by atoms with Gasteiger partial charge >= 0.3 is 0 Å². The van der Waals surface area contributed by atoms with E-state index in [-0.39, 0.29) is 10.5 Å². The molecule has 8 nitrogen and oxygen atoms in total. The SMILES string of the molecule is Cn1ccc2c(=O)[nH]c(N3CCN(c4ccc(F)cc4S(C)(=O)=O)CC3)nc21. The van der Waals surface area contributed by atoms with Crippen LogP contribution in [0.25, 0.3) is 11.0 Å². The summed E-state index contributed by atoms with van der Waals surface area (Å²) in [6.07, 6.45) is 2.86. The van der Waals surface area contributed by atoms with Crippen LogP contribution in [0.5, 0.6) is 0 Å². The van der Waals surface area contributed by atoms with Crippen LogP contribution in [0, 0.1) is 5.82 Å². The van der Waals surface area contributed by atoms with Crippen LogP contribution in [0.4, 0.5) is 16.0 Å². The Hall–Kier alpha value is -2.88. The number of fused-ring (bicyclic) bond motifs is 1. The molecule has 0 spiro atoms. The van der Waals surface area contributed by atoms with Crippen LogP contribution < -0.4 is 15.4 Å². The first-order chi connectivity index (χ1) is 13.2.